The van der Waals surface area contributed by atoms with Crippen LogP contribution in [0.4, 0.5) is 14.5 Å². The zero-order valence-electron chi connectivity index (χ0n) is 25.0. The Hall–Kier alpha value is -4.80. The number of ether oxygens (including phenoxy) is 1. The molecule has 1 amide bonds. The quantitative estimate of drug-likeness (QED) is 0.320. The van der Waals surface area contributed by atoms with Gasteiger partial charge in [0.05, 0.1) is 35.3 Å². The topological polar surface area (TPSA) is 101 Å². The van der Waals surface area contributed by atoms with Gasteiger partial charge in [-0.25, -0.2) is 13.8 Å². The van der Waals surface area contributed by atoms with Crippen LogP contribution >= 0.6 is 0 Å². The van der Waals surface area contributed by atoms with Gasteiger partial charge in [0.2, 0.25) is 11.7 Å². The molecule has 0 radical (unpaired) electrons. The predicted molar refractivity (Wildman–Crippen MR) is 164 cm³/mol. The van der Waals surface area contributed by atoms with Crippen LogP contribution in [0.5, 0.6) is 11.5 Å². The maximum atomic E-state index is 16.1. The number of phenols is 1. The number of hydrogen-bond donors (Lipinski definition) is 1. The van der Waals surface area contributed by atoms with E-state index in [1.807, 2.05) is 32.6 Å². The standard InChI is InChI=1S/C33H33F2N5O4/c1-6-25(42)38-15-19(5)39-20(16-38)11-13-44-31-30(39)21-14-23(35)28(26-22(34)8-7-9-24(26)41)37-32(21)40(33(31)43)29-18(4)10-12-36-27(29)17(2)3/h6-10,12,14,17,19-20,41H,1,11,13,15-16H2,2-5H3. The van der Waals surface area contributed by atoms with Crippen LogP contribution in [0.15, 0.2) is 54.0 Å². The second kappa shape index (κ2) is 11.0. The number of rotatable bonds is 4. The van der Waals surface area contributed by atoms with Crippen LogP contribution in [0.1, 0.15) is 44.4 Å². The molecule has 4 aromatic rings. The molecule has 228 valence electrons. The Morgan fingerprint density at radius 3 is 2.66 bits per heavy atom. The normalized spacial score (nSPS) is 18.1. The molecule has 5 heterocycles. The number of piperazine rings is 1. The number of carbonyl (C=O) groups is 1. The second-order valence-electron chi connectivity index (χ2n) is 11.7. The van der Waals surface area contributed by atoms with Crippen molar-refractivity contribution in [3.63, 3.8) is 0 Å². The highest BCUT2D eigenvalue weighted by molar-refractivity contribution is 5.96. The summed E-state index contributed by atoms with van der Waals surface area (Å²) in [6.07, 6.45) is 3.44. The number of carbonyl (C=O) groups excluding carboxylic acids is 1. The molecule has 0 saturated carbocycles. The summed E-state index contributed by atoms with van der Waals surface area (Å²) in [5.74, 6) is -2.48. The van der Waals surface area contributed by atoms with Crippen LogP contribution in [0.3, 0.4) is 0 Å². The Morgan fingerprint density at radius 2 is 1.95 bits per heavy atom. The Labute approximate surface area is 253 Å². The fourth-order valence-electron chi connectivity index (χ4n) is 6.47. The van der Waals surface area contributed by atoms with Gasteiger partial charge in [-0.3, -0.25) is 19.1 Å². The van der Waals surface area contributed by atoms with Crippen LogP contribution in [-0.4, -0.2) is 62.2 Å². The summed E-state index contributed by atoms with van der Waals surface area (Å²) in [6.45, 7) is 12.2. The molecule has 2 atom stereocenters. The van der Waals surface area contributed by atoms with E-state index in [-0.39, 0.29) is 47.3 Å². The first-order valence-corrected chi connectivity index (χ1v) is 14.6. The van der Waals surface area contributed by atoms with Crippen molar-refractivity contribution >= 4 is 22.6 Å². The fourth-order valence-corrected chi connectivity index (χ4v) is 6.47. The first kappa shape index (κ1) is 29.3. The van der Waals surface area contributed by atoms with E-state index in [1.54, 1.807) is 17.2 Å². The summed E-state index contributed by atoms with van der Waals surface area (Å²) in [4.78, 5) is 40.1. The summed E-state index contributed by atoms with van der Waals surface area (Å²) in [5, 5.41) is 10.8. The number of aryl methyl sites for hydroxylation is 1. The molecule has 9 nitrogen and oxygen atoms in total. The molecule has 1 saturated heterocycles. The van der Waals surface area contributed by atoms with Crippen LogP contribution in [0, 0.1) is 18.6 Å². The number of fused-ring (bicyclic) bond motifs is 5. The molecule has 2 unspecified atom stereocenters. The third kappa shape index (κ3) is 4.58. The molecule has 1 N–H and O–H groups in total. The van der Waals surface area contributed by atoms with Gasteiger partial charge >= 0.3 is 5.56 Å². The Balaban J connectivity index is 1.73. The van der Waals surface area contributed by atoms with Gasteiger partial charge in [-0.05, 0) is 55.7 Å². The van der Waals surface area contributed by atoms with E-state index in [0.29, 0.717) is 36.6 Å². The molecule has 0 aliphatic carbocycles. The van der Waals surface area contributed by atoms with E-state index in [1.165, 1.54) is 28.8 Å². The molecule has 0 spiro atoms. The minimum absolute atomic E-state index is 0.0380. The maximum absolute atomic E-state index is 16.1. The molecule has 11 heteroatoms. The Bertz CT molecular complexity index is 1870. The van der Waals surface area contributed by atoms with Crippen molar-refractivity contribution in [3.8, 4) is 28.4 Å². The molecule has 3 aromatic heterocycles. The van der Waals surface area contributed by atoms with Crippen molar-refractivity contribution in [2.45, 2.75) is 52.1 Å². The van der Waals surface area contributed by atoms with Crippen molar-refractivity contribution in [2.24, 2.45) is 0 Å². The van der Waals surface area contributed by atoms with E-state index >= 15 is 8.78 Å². The van der Waals surface area contributed by atoms with E-state index in [9.17, 15) is 14.7 Å². The number of halogens is 2. The van der Waals surface area contributed by atoms with E-state index in [4.69, 9.17) is 4.74 Å². The zero-order valence-corrected chi connectivity index (χ0v) is 25.0. The molecular formula is C33H33F2N5O4. The summed E-state index contributed by atoms with van der Waals surface area (Å²) in [5.41, 5.74) is 0.877. The third-order valence-electron chi connectivity index (χ3n) is 8.41. The van der Waals surface area contributed by atoms with Gasteiger partial charge in [-0.1, -0.05) is 26.5 Å². The van der Waals surface area contributed by atoms with Gasteiger partial charge in [-0.15, -0.1) is 0 Å². The van der Waals surface area contributed by atoms with Gasteiger partial charge in [0.15, 0.2) is 11.5 Å². The largest absolute Gasteiger partial charge is 0.507 e. The number of phenolic OH excluding ortho intramolecular Hbond substituents is 1. The molecule has 2 aliphatic heterocycles. The van der Waals surface area contributed by atoms with Crippen molar-refractivity contribution in [1.82, 2.24) is 19.4 Å². The fraction of sp³-hybridized carbons (Fsp3) is 0.333. The van der Waals surface area contributed by atoms with E-state index in [0.717, 1.165) is 11.6 Å². The van der Waals surface area contributed by atoms with Crippen molar-refractivity contribution in [2.75, 3.05) is 24.6 Å². The predicted octanol–water partition coefficient (Wildman–Crippen LogP) is 5.24. The Kier molecular flexibility index (Phi) is 7.35. The van der Waals surface area contributed by atoms with E-state index < -0.39 is 34.2 Å². The van der Waals surface area contributed by atoms with Crippen LogP contribution in [0.2, 0.25) is 0 Å². The second-order valence-corrected chi connectivity index (χ2v) is 11.7. The van der Waals surface area contributed by atoms with Crippen molar-refractivity contribution in [1.29, 1.82) is 0 Å². The highest BCUT2D eigenvalue weighted by atomic mass is 19.1. The minimum atomic E-state index is -0.883. The maximum Gasteiger partial charge on any atom is 0.301 e. The molecule has 0 bridgehead atoms. The lowest BCUT2D eigenvalue weighted by Crippen LogP contribution is -2.59. The molecule has 2 aliphatic rings. The number of amides is 1. The van der Waals surface area contributed by atoms with Gasteiger partial charge in [0, 0.05) is 37.1 Å². The molecule has 1 aromatic carbocycles. The van der Waals surface area contributed by atoms with Gasteiger partial charge in [-0.2, -0.15) is 0 Å². The zero-order chi connectivity index (χ0) is 31.4. The number of aromatic hydroxyl groups is 1. The lowest BCUT2D eigenvalue weighted by Gasteiger charge is -2.46. The lowest BCUT2D eigenvalue weighted by atomic mass is 10.0. The molecule has 1 fully saturated rings. The molecule has 6 rings (SSSR count). The number of pyridine rings is 3. The summed E-state index contributed by atoms with van der Waals surface area (Å²) in [6, 6.07) is 6.14. The van der Waals surface area contributed by atoms with Crippen LogP contribution in [0.25, 0.3) is 28.0 Å². The number of anilines is 1. The van der Waals surface area contributed by atoms with Crippen LogP contribution in [-0.2, 0) is 4.79 Å². The van der Waals surface area contributed by atoms with Gasteiger partial charge < -0.3 is 19.6 Å². The number of benzene rings is 1. The van der Waals surface area contributed by atoms with E-state index in [2.05, 4.69) is 16.5 Å². The first-order valence-electron chi connectivity index (χ1n) is 14.6. The molecule has 44 heavy (non-hydrogen) atoms. The average Bonchev–Trinajstić information content (AvgIpc) is 3.18. The van der Waals surface area contributed by atoms with Crippen molar-refractivity contribution < 1.29 is 23.4 Å². The summed E-state index contributed by atoms with van der Waals surface area (Å²) >= 11 is 0. The van der Waals surface area contributed by atoms with Gasteiger partial charge in [0.25, 0.3) is 0 Å². The monoisotopic (exact) mass is 601 g/mol. The number of nitrogens with zero attached hydrogens (tertiary/aromatic N) is 5. The third-order valence-corrected chi connectivity index (χ3v) is 8.41. The summed E-state index contributed by atoms with van der Waals surface area (Å²) < 4.78 is 38.7. The number of aromatic nitrogens is 3. The Morgan fingerprint density at radius 1 is 1.18 bits per heavy atom. The highest BCUT2D eigenvalue weighted by Gasteiger charge is 2.40. The average molecular weight is 602 g/mol. The van der Waals surface area contributed by atoms with Gasteiger partial charge in [0.1, 0.15) is 17.3 Å². The SMILES string of the molecule is C=CC(=O)N1CC(C)N2c3c(c(=O)n(-c4c(C)ccnc4C(C)C)c4nc(-c5c(O)cccc5F)c(F)cc34)OCCC2C1. The smallest absolute Gasteiger partial charge is 0.301 e. The highest BCUT2D eigenvalue weighted by Crippen LogP contribution is 2.43. The minimum Gasteiger partial charge on any atom is -0.507 e. The first-order chi connectivity index (χ1) is 21.0. The lowest BCUT2D eigenvalue weighted by molar-refractivity contribution is -0.127. The van der Waals surface area contributed by atoms with Crippen molar-refractivity contribution in [3.05, 3.63) is 82.4 Å². The summed E-state index contributed by atoms with van der Waals surface area (Å²) in [7, 11) is 0. The number of hydrogen-bond acceptors (Lipinski definition) is 7. The molecular weight excluding hydrogens is 568 g/mol. The van der Waals surface area contributed by atoms with Crippen LogP contribution < -0.4 is 15.2 Å².